The van der Waals surface area contributed by atoms with Crippen molar-refractivity contribution in [3.63, 3.8) is 0 Å². The van der Waals surface area contributed by atoms with Gasteiger partial charge in [0.2, 0.25) is 5.91 Å². The van der Waals surface area contributed by atoms with Crippen LogP contribution < -0.4 is 4.90 Å². The van der Waals surface area contributed by atoms with E-state index in [9.17, 15) is 4.79 Å². The molecule has 0 spiro atoms. The van der Waals surface area contributed by atoms with E-state index in [2.05, 4.69) is 27.2 Å². The number of hydrogen-bond acceptors (Lipinski definition) is 6. The largest absolute Gasteiger partial charge is 0.354 e. The first kappa shape index (κ1) is 14.3. The Balaban J connectivity index is 1.47. The number of rotatable bonds is 2. The predicted octanol–water partition coefficient (Wildman–Crippen LogP) is 2.01. The molecule has 4 heterocycles. The van der Waals surface area contributed by atoms with Gasteiger partial charge < -0.3 is 9.80 Å². The molecule has 0 aliphatic carbocycles. The molecule has 0 unspecified atom stereocenters. The van der Waals surface area contributed by atoms with E-state index in [4.69, 9.17) is 0 Å². The van der Waals surface area contributed by atoms with Crippen molar-refractivity contribution >= 4 is 45.0 Å². The van der Waals surface area contributed by atoms with Gasteiger partial charge in [-0.15, -0.1) is 11.3 Å². The van der Waals surface area contributed by atoms with Crippen molar-refractivity contribution in [1.29, 1.82) is 0 Å². The molecule has 2 saturated heterocycles. The average Bonchev–Trinajstić information content (AvgIpc) is 2.89. The van der Waals surface area contributed by atoms with Crippen LogP contribution in [0.4, 0.5) is 5.82 Å². The van der Waals surface area contributed by atoms with Gasteiger partial charge in [-0.2, -0.15) is 11.8 Å². The van der Waals surface area contributed by atoms with E-state index in [0.717, 1.165) is 53.7 Å². The Labute approximate surface area is 137 Å². The van der Waals surface area contributed by atoms with Crippen molar-refractivity contribution in [3.05, 3.63) is 17.3 Å². The van der Waals surface area contributed by atoms with E-state index in [0.29, 0.717) is 5.91 Å². The Morgan fingerprint density at radius 1 is 1.27 bits per heavy atom. The first-order chi connectivity index (χ1) is 10.7. The van der Waals surface area contributed by atoms with Crippen LogP contribution in [0.3, 0.4) is 0 Å². The smallest absolute Gasteiger partial charge is 0.229 e. The van der Waals surface area contributed by atoms with Crippen molar-refractivity contribution in [3.8, 4) is 0 Å². The second-order valence-electron chi connectivity index (χ2n) is 5.83. The highest BCUT2D eigenvalue weighted by Crippen LogP contribution is 2.34. The molecule has 2 aromatic heterocycles. The van der Waals surface area contributed by atoms with Gasteiger partial charge in [-0.3, -0.25) is 4.79 Å². The summed E-state index contributed by atoms with van der Waals surface area (Å²) in [6, 6.07) is 0. The van der Waals surface area contributed by atoms with Gasteiger partial charge in [-0.1, -0.05) is 0 Å². The Hall–Kier alpha value is -1.34. The summed E-state index contributed by atoms with van der Waals surface area (Å²) >= 11 is 3.63. The zero-order valence-corrected chi connectivity index (χ0v) is 14.1. The summed E-state index contributed by atoms with van der Waals surface area (Å²) in [5.41, 5.74) is 2.24. The number of carbonyl (C=O) groups excluding carboxylic acids is 1. The minimum Gasteiger partial charge on any atom is -0.354 e. The summed E-state index contributed by atoms with van der Waals surface area (Å²) < 4.78 is 1.14. The van der Waals surface area contributed by atoms with Gasteiger partial charge in [0.1, 0.15) is 12.1 Å². The molecule has 2 aliphatic heterocycles. The molecule has 2 aromatic rings. The van der Waals surface area contributed by atoms with E-state index in [1.807, 2.05) is 16.7 Å². The topological polar surface area (TPSA) is 49.3 Å². The molecular formula is C15H18N4OS2. The lowest BCUT2D eigenvalue weighted by Crippen LogP contribution is -2.56. The summed E-state index contributed by atoms with van der Waals surface area (Å²) in [5, 5.41) is 2.12. The Morgan fingerprint density at radius 3 is 2.82 bits per heavy atom. The number of amides is 1. The van der Waals surface area contributed by atoms with Crippen LogP contribution in [-0.2, 0) is 4.79 Å². The first-order valence-electron chi connectivity index (χ1n) is 7.54. The quantitative estimate of drug-likeness (QED) is 0.841. The Bertz CT molecular complexity index is 705. The number of thiophene rings is 1. The lowest BCUT2D eigenvalue weighted by Gasteiger charge is -2.42. The summed E-state index contributed by atoms with van der Waals surface area (Å²) in [6.07, 6.45) is 1.63. The molecule has 7 heteroatoms. The van der Waals surface area contributed by atoms with Gasteiger partial charge in [-0.25, -0.2) is 9.97 Å². The molecule has 4 rings (SSSR count). The molecule has 0 saturated carbocycles. The highest BCUT2D eigenvalue weighted by atomic mass is 32.2. The molecular weight excluding hydrogens is 316 g/mol. The average molecular weight is 334 g/mol. The molecule has 0 N–H and O–H groups in total. The molecule has 22 heavy (non-hydrogen) atoms. The van der Waals surface area contributed by atoms with E-state index in [1.165, 1.54) is 5.56 Å². The molecule has 0 radical (unpaired) electrons. The van der Waals surface area contributed by atoms with Crippen LogP contribution in [0.2, 0.25) is 0 Å². The number of carbonyl (C=O) groups is 1. The monoisotopic (exact) mass is 334 g/mol. The molecule has 5 nitrogen and oxygen atoms in total. The van der Waals surface area contributed by atoms with Crippen molar-refractivity contribution in [2.24, 2.45) is 5.92 Å². The van der Waals surface area contributed by atoms with Gasteiger partial charge >= 0.3 is 0 Å². The van der Waals surface area contributed by atoms with Crippen LogP contribution in [0, 0.1) is 12.8 Å². The second-order valence-corrected chi connectivity index (χ2v) is 7.94. The van der Waals surface area contributed by atoms with Gasteiger partial charge in [0.15, 0.2) is 0 Å². The van der Waals surface area contributed by atoms with Crippen LogP contribution >= 0.6 is 23.1 Å². The molecule has 0 atom stereocenters. The minimum absolute atomic E-state index is 0.133. The van der Waals surface area contributed by atoms with E-state index in [1.54, 1.807) is 17.7 Å². The van der Waals surface area contributed by atoms with Crippen LogP contribution in [0.15, 0.2) is 11.7 Å². The minimum atomic E-state index is 0.133. The lowest BCUT2D eigenvalue weighted by atomic mass is 9.98. The fourth-order valence-electron chi connectivity index (χ4n) is 3.03. The van der Waals surface area contributed by atoms with E-state index >= 15 is 0 Å². The summed E-state index contributed by atoms with van der Waals surface area (Å²) in [4.78, 5) is 25.5. The molecule has 116 valence electrons. The molecule has 0 bridgehead atoms. The van der Waals surface area contributed by atoms with Crippen LogP contribution in [0.1, 0.15) is 5.56 Å². The van der Waals surface area contributed by atoms with E-state index in [-0.39, 0.29) is 5.92 Å². The predicted molar refractivity (Wildman–Crippen MR) is 91.8 cm³/mol. The number of aryl methyl sites for hydroxylation is 1. The van der Waals surface area contributed by atoms with Crippen LogP contribution in [0.25, 0.3) is 10.2 Å². The van der Waals surface area contributed by atoms with Crippen molar-refractivity contribution < 1.29 is 4.79 Å². The number of aromatic nitrogens is 2. The fraction of sp³-hybridized carbons (Fsp3) is 0.533. The second kappa shape index (κ2) is 5.70. The molecule has 1 amide bonds. The summed E-state index contributed by atoms with van der Waals surface area (Å²) in [7, 11) is 0. The zero-order valence-electron chi connectivity index (χ0n) is 12.5. The lowest BCUT2D eigenvalue weighted by molar-refractivity contribution is -0.135. The first-order valence-corrected chi connectivity index (χ1v) is 9.58. The Kier molecular flexibility index (Phi) is 3.69. The zero-order chi connectivity index (χ0) is 15.1. The normalized spacial score (nSPS) is 19.5. The molecule has 0 aromatic carbocycles. The number of anilines is 1. The third kappa shape index (κ3) is 2.36. The van der Waals surface area contributed by atoms with Crippen LogP contribution in [-0.4, -0.2) is 58.5 Å². The highest BCUT2D eigenvalue weighted by Gasteiger charge is 2.37. The third-order valence-corrected chi connectivity index (χ3v) is 6.39. The van der Waals surface area contributed by atoms with Crippen molar-refractivity contribution in [2.45, 2.75) is 6.92 Å². The maximum absolute atomic E-state index is 12.5. The summed E-state index contributed by atoms with van der Waals surface area (Å²) in [5.74, 6) is 3.59. The highest BCUT2D eigenvalue weighted by molar-refractivity contribution is 7.99. The van der Waals surface area contributed by atoms with Crippen LogP contribution in [0.5, 0.6) is 0 Å². The van der Waals surface area contributed by atoms with Crippen molar-refractivity contribution in [2.75, 3.05) is 42.6 Å². The van der Waals surface area contributed by atoms with Gasteiger partial charge in [0.05, 0.1) is 16.1 Å². The fourth-order valence-corrected chi connectivity index (χ4v) is 4.95. The maximum Gasteiger partial charge on any atom is 0.229 e. The third-order valence-electron chi connectivity index (χ3n) is 4.37. The molecule has 2 fully saturated rings. The standard InChI is InChI=1S/C15H18N4OS2/c1-10-8-22-13-12(10)16-9-17-14(13)19-6-11(7-19)15(20)18-2-4-21-5-3-18/h8-9,11H,2-7H2,1H3. The SMILES string of the molecule is Cc1csc2c(N3CC(C(=O)N4CCSCC4)C3)ncnc12. The van der Waals surface area contributed by atoms with Gasteiger partial charge in [0.25, 0.3) is 0 Å². The molecule has 2 aliphatic rings. The number of thioether (sulfide) groups is 1. The maximum atomic E-state index is 12.5. The number of fused-ring (bicyclic) bond motifs is 1. The number of nitrogens with zero attached hydrogens (tertiary/aromatic N) is 4. The van der Waals surface area contributed by atoms with E-state index < -0.39 is 0 Å². The van der Waals surface area contributed by atoms with Gasteiger partial charge in [0, 0.05) is 37.7 Å². The van der Waals surface area contributed by atoms with Crippen molar-refractivity contribution in [1.82, 2.24) is 14.9 Å². The van der Waals surface area contributed by atoms with Gasteiger partial charge in [-0.05, 0) is 17.9 Å². The number of hydrogen-bond donors (Lipinski definition) is 0. The Morgan fingerprint density at radius 2 is 2.05 bits per heavy atom. The summed E-state index contributed by atoms with van der Waals surface area (Å²) in [6.45, 7) is 5.45.